The van der Waals surface area contributed by atoms with E-state index in [0.29, 0.717) is 54.2 Å². The van der Waals surface area contributed by atoms with Crippen molar-refractivity contribution in [1.82, 2.24) is 15.5 Å². The van der Waals surface area contributed by atoms with E-state index in [1.54, 1.807) is 23.1 Å². The number of amides is 3. The van der Waals surface area contributed by atoms with Gasteiger partial charge in [0.1, 0.15) is 6.04 Å². The molecule has 0 aliphatic carbocycles. The zero-order valence-corrected chi connectivity index (χ0v) is 21.8. The van der Waals surface area contributed by atoms with Gasteiger partial charge in [-0.05, 0) is 55.2 Å². The summed E-state index contributed by atoms with van der Waals surface area (Å²) in [5.74, 6) is -0.657. The standard InChI is InChI=1S/C28H31N5O3S/c1-3-23(32-26(34)19-7-8-22(30)20(12-19)14-29)28(36)33-10-9-24-21(16-33)13-25(37-24)27(35)31-15-18-6-4-5-17(2)11-18/h4-8,11-14,23,29H,3,9-10,15-16,30H2,1-2H3,(H,31,35)(H,32,34)/t23-/m1/s1. The van der Waals surface area contributed by atoms with Crippen LogP contribution in [0, 0.1) is 12.3 Å². The normalized spacial score (nSPS) is 13.4. The first-order valence-electron chi connectivity index (χ1n) is 12.2. The minimum atomic E-state index is -0.675. The molecule has 0 saturated heterocycles. The molecule has 4 rings (SSSR count). The van der Waals surface area contributed by atoms with Gasteiger partial charge in [0.25, 0.3) is 11.8 Å². The number of fused-ring (bicyclic) bond motifs is 1. The lowest BCUT2D eigenvalue weighted by molar-refractivity contribution is -0.134. The third-order valence-corrected chi connectivity index (χ3v) is 7.69. The number of hydrogen-bond acceptors (Lipinski definition) is 6. The number of thiophene rings is 1. The predicted octanol–water partition coefficient (Wildman–Crippen LogP) is 3.66. The van der Waals surface area contributed by atoms with Crippen molar-refractivity contribution in [2.24, 2.45) is 0 Å². The number of nitrogen functional groups attached to an aromatic ring is 1. The van der Waals surface area contributed by atoms with Crippen molar-refractivity contribution in [2.75, 3.05) is 12.3 Å². The number of rotatable bonds is 8. The number of hydrogen-bond donors (Lipinski definition) is 4. The molecule has 0 radical (unpaired) electrons. The molecule has 9 heteroatoms. The van der Waals surface area contributed by atoms with Crippen LogP contribution in [-0.2, 0) is 24.3 Å². The van der Waals surface area contributed by atoms with Crippen LogP contribution in [0.5, 0.6) is 0 Å². The second kappa shape index (κ2) is 11.4. The number of aryl methyl sites for hydroxylation is 1. The third-order valence-electron chi connectivity index (χ3n) is 6.45. The molecule has 192 valence electrons. The molecule has 8 nitrogen and oxygen atoms in total. The summed E-state index contributed by atoms with van der Waals surface area (Å²) in [6.45, 7) is 5.27. The monoisotopic (exact) mass is 517 g/mol. The third kappa shape index (κ3) is 6.06. The predicted molar refractivity (Wildman–Crippen MR) is 146 cm³/mol. The molecule has 37 heavy (non-hydrogen) atoms. The lowest BCUT2D eigenvalue weighted by atomic mass is 10.1. The van der Waals surface area contributed by atoms with Crippen molar-refractivity contribution < 1.29 is 14.4 Å². The van der Waals surface area contributed by atoms with Gasteiger partial charge < -0.3 is 26.7 Å². The van der Waals surface area contributed by atoms with E-state index in [4.69, 9.17) is 11.1 Å². The highest BCUT2D eigenvalue weighted by Gasteiger charge is 2.29. The topological polar surface area (TPSA) is 128 Å². The highest BCUT2D eigenvalue weighted by molar-refractivity contribution is 7.14. The number of anilines is 1. The van der Waals surface area contributed by atoms with Crippen molar-refractivity contribution in [2.45, 2.75) is 45.8 Å². The van der Waals surface area contributed by atoms with E-state index < -0.39 is 6.04 Å². The molecule has 0 spiro atoms. The molecule has 0 bridgehead atoms. The van der Waals surface area contributed by atoms with Gasteiger partial charge in [-0.25, -0.2) is 0 Å². The van der Waals surface area contributed by atoms with Gasteiger partial charge in [-0.1, -0.05) is 36.8 Å². The molecule has 2 aromatic carbocycles. The lowest BCUT2D eigenvalue weighted by Gasteiger charge is -2.30. The zero-order chi connectivity index (χ0) is 26.5. The summed E-state index contributed by atoms with van der Waals surface area (Å²) in [6.07, 6.45) is 2.20. The van der Waals surface area contributed by atoms with Crippen molar-refractivity contribution in [3.63, 3.8) is 0 Å². The van der Waals surface area contributed by atoms with Crippen LogP contribution in [0.1, 0.15) is 60.5 Å². The Kier molecular flexibility index (Phi) is 8.03. The SMILES string of the molecule is CC[C@@H](NC(=O)c1ccc(N)c(C=N)c1)C(=O)N1CCc2sc(C(=O)NCc3cccc(C)c3)cc2C1. The number of nitrogens with two attached hydrogens (primary N) is 1. The first-order chi connectivity index (χ1) is 17.8. The van der Waals surface area contributed by atoms with Gasteiger partial charge in [0.05, 0.1) is 4.88 Å². The van der Waals surface area contributed by atoms with E-state index in [1.165, 1.54) is 11.3 Å². The molecule has 3 amide bonds. The van der Waals surface area contributed by atoms with Gasteiger partial charge in [-0.15, -0.1) is 11.3 Å². The van der Waals surface area contributed by atoms with Gasteiger partial charge in [-0.2, -0.15) is 0 Å². The summed E-state index contributed by atoms with van der Waals surface area (Å²) in [5, 5.41) is 13.2. The summed E-state index contributed by atoms with van der Waals surface area (Å²) in [4.78, 5) is 42.3. The first-order valence-corrected chi connectivity index (χ1v) is 13.1. The van der Waals surface area contributed by atoms with E-state index in [-0.39, 0.29) is 17.7 Å². The largest absolute Gasteiger partial charge is 0.398 e. The second-order valence-corrected chi connectivity index (χ2v) is 10.3. The summed E-state index contributed by atoms with van der Waals surface area (Å²) >= 11 is 1.47. The Hall–Kier alpha value is -3.98. The molecular formula is C28H31N5O3S. The Bertz CT molecular complexity index is 1350. The van der Waals surface area contributed by atoms with E-state index in [2.05, 4.69) is 10.6 Å². The number of nitrogens with zero attached hydrogens (tertiary/aromatic N) is 1. The smallest absolute Gasteiger partial charge is 0.261 e. The van der Waals surface area contributed by atoms with Crippen LogP contribution in [0.15, 0.2) is 48.5 Å². The van der Waals surface area contributed by atoms with Crippen LogP contribution >= 0.6 is 11.3 Å². The molecule has 1 aromatic heterocycles. The quantitative estimate of drug-likeness (QED) is 0.268. The molecule has 0 fully saturated rings. The Balaban J connectivity index is 1.38. The van der Waals surface area contributed by atoms with E-state index in [1.807, 2.05) is 44.2 Å². The minimum absolute atomic E-state index is 0.120. The molecule has 0 unspecified atom stereocenters. The molecule has 5 N–H and O–H groups in total. The summed E-state index contributed by atoms with van der Waals surface area (Å²) in [6, 6.07) is 13.9. The minimum Gasteiger partial charge on any atom is -0.398 e. The summed E-state index contributed by atoms with van der Waals surface area (Å²) in [7, 11) is 0. The van der Waals surface area contributed by atoms with Gasteiger partial charge in [0, 0.05) is 47.5 Å². The van der Waals surface area contributed by atoms with Gasteiger partial charge in [0.2, 0.25) is 5.91 Å². The average molecular weight is 518 g/mol. The Morgan fingerprint density at radius 3 is 2.70 bits per heavy atom. The summed E-state index contributed by atoms with van der Waals surface area (Å²) in [5.41, 5.74) is 10.2. The van der Waals surface area contributed by atoms with Crippen LogP contribution in [-0.4, -0.2) is 41.4 Å². The van der Waals surface area contributed by atoms with Crippen LogP contribution in [0.25, 0.3) is 0 Å². The van der Waals surface area contributed by atoms with E-state index in [9.17, 15) is 14.4 Å². The van der Waals surface area contributed by atoms with Crippen LogP contribution in [0.2, 0.25) is 0 Å². The van der Waals surface area contributed by atoms with Crippen LogP contribution < -0.4 is 16.4 Å². The second-order valence-electron chi connectivity index (χ2n) is 9.16. The highest BCUT2D eigenvalue weighted by Crippen LogP contribution is 2.29. The van der Waals surface area contributed by atoms with Gasteiger partial charge >= 0.3 is 0 Å². The van der Waals surface area contributed by atoms with Crippen molar-refractivity contribution in [1.29, 1.82) is 5.41 Å². The number of carbonyl (C=O) groups excluding carboxylic acids is 3. The molecular weight excluding hydrogens is 486 g/mol. The molecule has 2 heterocycles. The zero-order valence-electron chi connectivity index (χ0n) is 21.0. The van der Waals surface area contributed by atoms with Gasteiger partial charge in [-0.3, -0.25) is 14.4 Å². The average Bonchev–Trinajstić information content (AvgIpc) is 3.34. The first kappa shape index (κ1) is 26.1. The van der Waals surface area contributed by atoms with Gasteiger partial charge in [0.15, 0.2) is 0 Å². The number of nitrogens with one attached hydrogen (secondary N) is 3. The fraction of sp³-hybridized carbons (Fsp3) is 0.286. The Labute approximate surface area is 220 Å². The van der Waals surface area contributed by atoms with E-state index >= 15 is 0 Å². The number of carbonyl (C=O) groups is 3. The maximum atomic E-state index is 13.3. The lowest BCUT2D eigenvalue weighted by Crippen LogP contribution is -2.49. The van der Waals surface area contributed by atoms with Crippen LogP contribution in [0.4, 0.5) is 5.69 Å². The van der Waals surface area contributed by atoms with Crippen molar-refractivity contribution >= 4 is 41.0 Å². The Morgan fingerprint density at radius 2 is 1.97 bits per heavy atom. The van der Waals surface area contributed by atoms with Crippen LogP contribution in [0.3, 0.4) is 0 Å². The number of benzene rings is 2. The molecule has 1 aliphatic rings. The molecule has 3 aromatic rings. The summed E-state index contributed by atoms with van der Waals surface area (Å²) < 4.78 is 0. The van der Waals surface area contributed by atoms with Crippen molar-refractivity contribution in [3.05, 3.63) is 86.1 Å². The molecule has 1 aliphatic heterocycles. The fourth-order valence-corrected chi connectivity index (χ4v) is 5.45. The molecule has 1 atom stereocenters. The maximum absolute atomic E-state index is 13.3. The maximum Gasteiger partial charge on any atom is 0.261 e. The van der Waals surface area contributed by atoms with E-state index in [0.717, 1.165) is 27.8 Å². The fourth-order valence-electron chi connectivity index (χ4n) is 4.37. The highest BCUT2D eigenvalue weighted by atomic mass is 32.1. The molecule has 0 saturated carbocycles. The Morgan fingerprint density at radius 1 is 1.16 bits per heavy atom. The van der Waals surface area contributed by atoms with Crippen molar-refractivity contribution in [3.8, 4) is 0 Å².